The van der Waals surface area contributed by atoms with Crippen molar-refractivity contribution in [3.63, 3.8) is 0 Å². The molecule has 1 aliphatic rings. The van der Waals surface area contributed by atoms with Crippen molar-refractivity contribution >= 4 is 77.1 Å². The molecule has 6 heterocycles. The predicted molar refractivity (Wildman–Crippen MR) is 223 cm³/mol. The number of pyridine rings is 1. The van der Waals surface area contributed by atoms with Crippen molar-refractivity contribution < 1.29 is 27.2 Å². The zero-order valence-corrected chi connectivity index (χ0v) is 34.1. The van der Waals surface area contributed by atoms with Crippen molar-refractivity contribution in [1.29, 1.82) is 0 Å². The maximum atomic E-state index is 10.2. The molecule has 0 N–H and O–H groups in total. The van der Waals surface area contributed by atoms with Gasteiger partial charge in [0, 0.05) is 30.1 Å². The summed E-state index contributed by atoms with van der Waals surface area (Å²) in [7, 11) is 0. The number of aromatic nitrogens is 7. The normalized spacial score (nSPS) is 16.7. The molecule has 57 heavy (non-hydrogen) atoms. The summed E-state index contributed by atoms with van der Waals surface area (Å²) in [6.07, 6.45) is 6.81. The monoisotopic (exact) mass is 923 g/mol. The number of hydrogen-bond acceptors (Lipinski definition) is 5. The fourth-order valence-corrected chi connectivity index (χ4v) is 10.2. The smallest absolute Gasteiger partial charge is 0.503 e. The molecule has 6 aromatic heterocycles. The number of fused-ring (bicyclic) bond motifs is 8. The Kier molecular flexibility index (Phi) is 7.06. The fourth-order valence-electron chi connectivity index (χ4n) is 10.2. The number of imidazole rings is 2. The van der Waals surface area contributed by atoms with Crippen molar-refractivity contribution in [2.45, 2.75) is 52.9 Å². The Bertz CT molecular complexity index is 3440. The van der Waals surface area contributed by atoms with Crippen LogP contribution in [0.4, 0.5) is 0 Å². The first-order valence-electron chi connectivity index (χ1n) is 19.9. The van der Waals surface area contributed by atoms with Gasteiger partial charge in [0.25, 0.3) is 0 Å². The van der Waals surface area contributed by atoms with E-state index in [2.05, 4.69) is 89.6 Å². The first-order valence-corrected chi connectivity index (χ1v) is 19.4. The van der Waals surface area contributed by atoms with Gasteiger partial charge in [-0.15, -0.1) is 17.5 Å². The molecule has 0 atom stereocenters. The molecule has 0 aliphatic heterocycles. The zero-order chi connectivity index (χ0) is 38.4. The van der Waals surface area contributed by atoms with Gasteiger partial charge in [-0.05, 0) is 88.5 Å². The average Bonchev–Trinajstić information content (AvgIpc) is 3.86. The minimum atomic E-state index is -0.770. The molecule has 5 aromatic carbocycles. The van der Waals surface area contributed by atoms with Gasteiger partial charge < -0.3 is 18.1 Å². The summed E-state index contributed by atoms with van der Waals surface area (Å²) in [4.78, 5) is 19.8. The summed E-state index contributed by atoms with van der Waals surface area (Å²) in [5.41, 5.74) is 10.4. The van der Waals surface area contributed by atoms with Gasteiger partial charge in [-0.25, -0.2) is 9.97 Å². The standard InChI is InChI=1S/C48H37N7O.Pt/c1-47(2)20-10-21-48(3,4)45(47)28-16-19-37-32(23-28)31-18-17-29(26-40(31)53(37)41-15-7-8-22-49-41)56-30-24-33-43-36(25-30)50-27-42-51-35-12-9-14-39(44(35)55(42)43)54-38-13-6-5-11-34(38)52-46(33)54;/h5-9,11-19,22-23,25,27,45H,10,20-21H2,1-4H3;/q-2;+2/i45D;. The van der Waals surface area contributed by atoms with Gasteiger partial charge in [0.2, 0.25) is 0 Å². The maximum Gasteiger partial charge on any atom is 2.00 e. The van der Waals surface area contributed by atoms with Crippen LogP contribution >= 0.6 is 0 Å². The van der Waals surface area contributed by atoms with Crippen LogP contribution in [0.2, 0.25) is 0 Å². The summed E-state index contributed by atoms with van der Waals surface area (Å²) < 4.78 is 23.4. The molecule has 0 unspecified atom stereocenters. The van der Waals surface area contributed by atoms with Crippen LogP contribution in [0.15, 0.2) is 109 Å². The van der Waals surface area contributed by atoms with Gasteiger partial charge in [0.05, 0.1) is 39.4 Å². The van der Waals surface area contributed by atoms with E-state index in [1.165, 1.54) is 0 Å². The third-order valence-electron chi connectivity index (χ3n) is 12.2. The van der Waals surface area contributed by atoms with E-state index in [-0.39, 0.29) is 31.9 Å². The first kappa shape index (κ1) is 33.3. The van der Waals surface area contributed by atoms with Crippen LogP contribution in [0.1, 0.15) is 59.8 Å². The Morgan fingerprint density at radius 1 is 0.702 bits per heavy atom. The van der Waals surface area contributed by atoms with E-state index in [1.807, 2.05) is 73.1 Å². The summed E-state index contributed by atoms with van der Waals surface area (Å²) in [6.45, 7) is 9.06. The van der Waals surface area contributed by atoms with Crippen molar-refractivity contribution in [3.8, 4) is 17.3 Å². The largest absolute Gasteiger partial charge is 2.00 e. The Morgan fingerprint density at radius 2 is 1.51 bits per heavy atom. The second-order valence-corrected chi connectivity index (χ2v) is 16.6. The Labute approximate surface area is 344 Å². The van der Waals surface area contributed by atoms with Crippen LogP contribution < -0.4 is 4.74 Å². The van der Waals surface area contributed by atoms with E-state index >= 15 is 0 Å². The Morgan fingerprint density at radius 3 is 2.35 bits per heavy atom. The molecule has 280 valence electrons. The van der Waals surface area contributed by atoms with Crippen molar-refractivity contribution in [1.82, 2.24) is 33.3 Å². The molecule has 8 nitrogen and oxygen atoms in total. The number of para-hydroxylation sites is 3. The Balaban J connectivity index is 0.00000385. The molecule has 0 saturated heterocycles. The second kappa shape index (κ2) is 12.1. The molecule has 0 amide bonds. The molecular formula is C48H37N7OPt. The van der Waals surface area contributed by atoms with Crippen LogP contribution in [-0.2, 0) is 21.1 Å². The minimum Gasteiger partial charge on any atom is -0.503 e. The van der Waals surface area contributed by atoms with Crippen LogP contribution in [0, 0.1) is 23.0 Å². The van der Waals surface area contributed by atoms with Crippen LogP contribution in [0.25, 0.3) is 82.9 Å². The van der Waals surface area contributed by atoms with Gasteiger partial charge in [0.1, 0.15) is 11.5 Å². The van der Waals surface area contributed by atoms with Crippen LogP contribution in [-0.4, -0.2) is 33.3 Å². The summed E-state index contributed by atoms with van der Waals surface area (Å²) >= 11 is 0. The van der Waals surface area contributed by atoms with Gasteiger partial charge >= 0.3 is 21.1 Å². The first-order chi connectivity index (χ1) is 27.6. The fraction of sp³-hybridized carbons (Fsp3) is 0.208. The van der Waals surface area contributed by atoms with Gasteiger partial charge in [-0.1, -0.05) is 93.5 Å². The average molecular weight is 924 g/mol. The number of ether oxygens (including phenoxy) is 1. The topological polar surface area (TPSA) is 74.5 Å². The number of benzene rings is 5. The summed E-state index contributed by atoms with van der Waals surface area (Å²) in [6, 6.07) is 40.2. The van der Waals surface area contributed by atoms with Gasteiger partial charge in [0.15, 0.2) is 0 Å². The molecule has 12 rings (SSSR count). The van der Waals surface area contributed by atoms with E-state index in [1.54, 1.807) is 0 Å². The predicted octanol–water partition coefficient (Wildman–Crippen LogP) is 11.6. The third-order valence-corrected chi connectivity index (χ3v) is 12.2. The van der Waals surface area contributed by atoms with Crippen molar-refractivity contribution in [3.05, 3.63) is 127 Å². The van der Waals surface area contributed by atoms with Crippen LogP contribution in [0.5, 0.6) is 11.5 Å². The van der Waals surface area contributed by atoms with Crippen molar-refractivity contribution in [2.75, 3.05) is 0 Å². The molecule has 0 radical (unpaired) electrons. The number of rotatable bonds is 4. The van der Waals surface area contributed by atoms with E-state index in [4.69, 9.17) is 24.7 Å². The molecule has 9 heteroatoms. The quantitative estimate of drug-likeness (QED) is 0.164. The second-order valence-electron chi connectivity index (χ2n) is 16.6. The molecule has 1 saturated carbocycles. The number of hydrogen-bond donors (Lipinski definition) is 0. The summed E-state index contributed by atoms with van der Waals surface area (Å²) in [5, 5.41) is 2.87. The van der Waals surface area contributed by atoms with Gasteiger partial charge in [-0.3, -0.25) is 9.97 Å². The summed E-state index contributed by atoms with van der Waals surface area (Å²) in [5.74, 6) is 1.05. The number of nitrogens with zero attached hydrogens (tertiary/aromatic N) is 7. The van der Waals surface area contributed by atoms with Crippen LogP contribution in [0.3, 0.4) is 0 Å². The van der Waals surface area contributed by atoms with E-state index in [0.29, 0.717) is 11.5 Å². The Hall–Kier alpha value is -5.85. The molecule has 1 aliphatic carbocycles. The van der Waals surface area contributed by atoms with Gasteiger partial charge in [-0.2, -0.15) is 6.07 Å². The molecule has 0 bridgehead atoms. The van der Waals surface area contributed by atoms with E-state index in [9.17, 15) is 1.37 Å². The molecule has 11 aromatic rings. The molecule has 1 fully saturated rings. The molecular weight excluding hydrogens is 886 g/mol. The van der Waals surface area contributed by atoms with E-state index in [0.717, 1.165) is 108 Å². The van der Waals surface area contributed by atoms with Crippen molar-refractivity contribution in [2.24, 2.45) is 10.8 Å². The zero-order valence-electron chi connectivity index (χ0n) is 32.9. The van der Waals surface area contributed by atoms with E-state index < -0.39 is 5.89 Å². The SMILES string of the molecule is [2H]C1(c2ccc3c(c2)c2ccc(Oc4[c-]c5c6nc7ccccc7n6c6cccc7nc8cnc(c4)c5n8c76)[c-]c2n3-c2ccccn2)C(C)(C)CCCC1(C)C.[Pt+2]. The molecule has 0 spiro atoms. The third kappa shape index (κ3) is 4.89. The maximum absolute atomic E-state index is 10.2. The minimum absolute atomic E-state index is 0.